The van der Waals surface area contributed by atoms with Gasteiger partial charge in [0.25, 0.3) is 5.91 Å². The van der Waals surface area contributed by atoms with E-state index < -0.39 is 11.9 Å². The number of ether oxygens (including phenoxy) is 1. The minimum absolute atomic E-state index is 0.222. The summed E-state index contributed by atoms with van der Waals surface area (Å²) in [6, 6.07) is 9.61. The van der Waals surface area contributed by atoms with Crippen LogP contribution in [0.2, 0.25) is 0 Å². The molecule has 0 unspecified atom stereocenters. The van der Waals surface area contributed by atoms with Crippen LogP contribution in [0, 0.1) is 5.92 Å². The molecule has 3 rings (SSSR count). The molecule has 0 radical (unpaired) electrons. The second-order valence-electron chi connectivity index (χ2n) is 4.63. The molecule has 1 heterocycles. The quantitative estimate of drug-likeness (QED) is 0.619. The lowest BCUT2D eigenvalue weighted by Crippen LogP contribution is -2.31. The normalized spacial score (nSPS) is 29.4. The first-order chi connectivity index (χ1) is 8.79. The molecule has 3 atom stereocenters. The van der Waals surface area contributed by atoms with Crippen LogP contribution in [-0.2, 0) is 9.53 Å². The summed E-state index contributed by atoms with van der Waals surface area (Å²) in [5.74, 6) is 0.865. The number of carbonyl (C=O) groups excluding carboxylic acids is 1. The number of hydroxylamine groups is 1. The van der Waals surface area contributed by atoms with E-state index in [4.69, 9.17) is 9.94 Å². The van der Waals surface area contributed by atoms with Crippen LogP contribution in [0.25, 0.3) is 0 Å². The number of rotatable bonds is 3. The fraction of sp³-hybridized carbons (Fsp3) is 0.385. The predicted molar refractivity (Wildman–Crippen MR) is 64.4 cm³/mol. The fourth-order valence-electron chi connectivity index (χ4n) is 2.34. The second-order valence-corrected chi connectivity index (χ2v) is 4.63. The van der Waals surface area contributed by atoms with Crippen molar-refractivity contribution in [2.75, 3.05) is 6.61 Å². The molecule has 0 spiro atoms. The summed E-state index contributed by atoms with van der Waals surface area (Å²) in [6.07, 6.45) is 1.01. The van der Waals surface area contributed by atoms with Crippen molar-refractivity contribution in [2.24, 2.45) is 10.9 Å². The van der Waals surface area contributed by atoms with Crippen LogP contribution in [0.1, 0.15) is 17.9 Å². The molecule has 1 aromatic carbocycles. The van der Waals surface area contributed by atoms with Gasteiger partial charge in [-0.15, -0.1) is 0 Å². The average molecular weight is 246 g/mol. The van der Waals surface area contributed by atoms with Gasteiger partial charge in [-0.05, 0) is 17.9 Å². The van der Waals surface area contributed by atoms with Crippen LogP contribution in [-0.4, -0.2) is 29.7 Å². The molecular formula is C13H14N2O3. The van der Waals surface area contributed by atoms with Crippen LogP contribution in [0.15, 0.2) is 35.3 Å². The highest BCUT2D eigenvalue weighted by Crippen LogP contribution is 2.49. The molecule has 5 heteroatoms. The molecule has 1 aromatic rings. The van der Waals surface area contributed by atoms with Gasteiger partial charge in [0.15, 0.2) is 11.9 Å². The first kappa shape index (κ1) is 11.2. The smallest absolute Gasteiger partial charge is 0.271 e. The Morgan fingerprint density at radius 3 is 2.83 bits per heavy atom. The molecule has 2 N–H and O–H groups in total. The highest BCUT2D eigenvalue weighted by molar-refractivity contribution is 5.90. The lowest BCUT2D eigenvalue weighted by Gasteiger charge is -2.01. The Bertz CT molecular complexity index is 486. The van der Waals surface area contributed by atoms with E-state index in [1.807, 2.05) is 18.2 Å². The van der Waals surface area contributed by atoms with Crippen LogP contribution in [0.5, 0.6) is 0 Å². The van der Waals surface area contributed by atoms with Gasteiger partial charge in [-0.1, -0.05) is 30.3 Å². The van der Waals surface area contributed by atoms with E-state index in [0.29, 0.717) is 11.8 Å². The third-order valence-corrected chi connectivity index (χ3v) is 3.42. The predicted octanol–water partition coefficient (Wildman–Crippen LogP) is 1.09. The Hall–Kier alpha value is -1.88. The van der Waals surface area contributed by atoms with Crippen molar-refractivity contribution >= 4 is 11.8 Å². The number of benzene rings is 1. The van der Waals surface area contributed by atoms with Crippen LogP contribution >= 0.6 is 0 Å². The van der Waals surface area contributed by atoms with Gasteiger partial charge in [0.2, 0.25) is 0 Å². The molecule has 0 saturated heterocycles. The topological polar surface area (TPSA) is 70.9 Å². The van der Waals surface area contributed by atoms with Crippen molar-refractivity contribution in [2.45, 2.75) is 18.4 Å². The molecule has 1 saturated carbocycles. The number of hydrogen-bond donors (Lipinski definition) is 2. The van der Waals surface area contributed by atoms with Gasteiger partial charge >= 0.3 is 0 Å². The lowest BCUT2D eigenvalue weighted by atomic mass is 10.1. The fourth-order valence-corrected chi connectivity index (χ4v) is 2.34. The maximum Gasteiger partial charge on any atom is 0.271 e. The van der Waals surface area contributed by atoms with Crippen molar-refractivity contribution in [3.8, 4) is 0 Å². The maximum absolute atomic E-state index is 11.2. The number of hydrogen-bond acceptors (Lipinski definition) is 4. The Labute approximate surface area is 104 Å². The number of nitrogens with one attached hydrogen (secondary N) is 1. The lowest BCUT2D eigenvalue weighted by molar-refractivity contribution is -0.130. The zero-order valence-corrected chi connectivity index (χ0v) is 9.74. The van der Waals surface area contributed by atoms with Crippen LogP contribution < -0.4 is 5.48 Å². The minimum atomic E-state index is -0.609. The van der Waals surface area contributed by atoms with E-state index in [0.717, 1.165) is 6.42 Å². The van der Waals surface area contributed by atoms with Gasteiger partial charge in [0.1, 0.15) is 6.61 Å². The van der Waals surface area contributed by atoms with E-state index in [2.05, 4.69) is 17.1 Å². The van der Waals surface area contributed by atoms with Gasteiger partial charge in [-0.3, -0.25) is 10.0 Å². The molecular weight excluding hydrogens is 232 g/mol. The number of amides is 1. The molecule has 2 aliphatic rings. The zero-order chi connectivity index (χ0) is 12.5. The first-order valence-corrected chi connectivity index (χ1v) is 5.99. The Morgan fingerprint density at radius 1 is 1.33 bits per heavy atom. The van der Waals surface area contributed by atoms with Crippen molar-refractivity contribution in [1.82, 2.24) is 5.48 Å². The number of nitrogens with zero attached hydrogens (tertiary/aromatic N) is 1. The number of aliphatic imine (C=N–C) groups is 1. The largest absolute Gasteiger partial charge is 0.478 e. The molecule has 1 amide bonds. The summed E-state index contributed by atoms with van der Waals surface area (Å²) >= 11 is 0. The van der Waals surface area contributed by atoms with E-state index in [1.54, 1.807) is 5.48 Å². The van der Waals surface area contributed by atoms with Crippen LogP contribution in [0.3, 0.4) is 0 Å². The summed E-state index contributed by atoms with van der Waals surface area (Å²) in [4.78, 5) is 15.4. The van der Waals surface area contributed by atoms with Gasteiger partial charge in [-0.25, -0.2) is 10.5 Å². The SMILES string of the molecule is O=C(NO)[C@H]1COC([C@@H]2C[C@H]2c2ccccc2)=N1. The Kier molecular flexibility index (Phi) is 2.76. The Morgan fingerprint density at radius 2 is 2.11 bits per heavy atom. The van der Waals surface area contributed by atoms with Crippen molar-refractivity contribution in [3.63, 3.8) is 0 Å². The third-order valence-electron chi connectivity index (χ3n) is 3.42. The first-order valence-electron chi connectivity index (χ1n) is 5.99. The monoisotopic (exact) mass is 246 g/mol. The minimum Gasteiger partial charge on any atom is -0.478 e. The highest BCUT2D eigenvalue weighted by atomic mass is 16.5. The molecule has 1 aliphatic heterocycles. The molecule has 18 heavy (non-hydrogen) atoms. The third kappa shape index (κ3) is 1.97. The zero-order valence-electron chi connectivity index (χ0n) is 9.74. The average Bonchev–Trinajstić information content (AvgIpc) is 3.08. The van der Waals surface area contributed by atoms with Crippen molar-refractivity contribution < 1.29 is 14.7 Å². The van der Waals surface area contributed by atoms with E-state index in [-0.39, 0.29) is 12.5 Å². The maximum atomic E-state index is 11.2. The molecule has 5 nitrogen and oxygen atoms in total. The van der Waals surface area contributed by atoms with Gasteiger partial charge in [-0.2, -0.15) is 0 Å². The highest BCUT2D eigenvalue weighted by Gasteiger charge is 2.45. The van der Waals surface area contributed by atoms with Crippen LogP contribution in [0.4, 0.5) is 0 Å². The van der Waals surface area contributed by atoms with Gasteiger partial charge in [0.05, 0.1) is 0 Å². The Balaban J connectivity index is 1.67. The number of carbonyl (C=O) groups is 1. The molecule has 0 bridgehead atoms. The summed E-state index contributed by atoms with van der Waals surface area (Å²) in [6.45, 7) is 0.222. The summed E-state index contributed by atoms with van der Waals surface area (Å²) in [5.41, 5.74) is 2.89. The molecule has 1 fully saturated rings. The van der Waals surface area contributed by atoms with Gasteiger partial charge in [0, 0.05) is 5.92 Å². The molecule has 94 valence electrons. The van der Waals surface area contributed by atoms with Gasteiger partial charge < -0.3 is 4.74 Å². The summed E-state index contributed by atoms with van der Waals surface area (Å²) in [5, 5.41) is 8.54. The molecule has 1 aliphatic carbocycles. The molecule has 0 aromatic heterocycles. The van der Waals surface area contributed by atoms with Crippen molar-refractivity contribution in [3.05, 3.63) is 35.9 Å². The standard InChI is InChI=1S/C13H14N2O3/c16-12(15-17)11-7-18-13(14-11)10-6-9(10)8-4-2-1-3-5-8/h1-5,9-11,17H,6-7H2,(H,15,16)/t9-,10+,11+/m0/s1. The van der Waals surface area contributed by atoms with E-state index in [9.17, 15) is 4.79 Å². The van der Waals surface area contributed by atoms with E-state index >= 15 is 0 Å². The second kappa shape index (κ2) is 4.42. The van der Waals surface area contributed by atoms with Crippen molar-refractivity contribution in [1.29, 1.82) is 0 Å². The summed E-state index contributed by atoms with van der Waals surface area (Å²) < 4.78 is 5.44. The summed E-state index contributed by atoms with van der Waals surface area (Å²) in [7, 11) is 0. The van der Waals surface area contributed by atoms with E-state index in [1.165, 1.54) is 5.56 Å².